The van der Waals surface area contributed by atoms with Gasteiger partial charge in [-0.15, -0.1) is 11.8 Å². The van der Waals surface area contributed by atoms with Crippen LogP contribution in [0, 0.1) is 0 Å². The van der Waals surface area contributed by atoms with Crippen molar-refractivity contribution in [2.45, 2.75) is 48.4 Å². The highest BCUT2D eigenvalue weighted by Gasteiger charge is 2.23. The minimum Gasteiger partial charge on any atom is -0.481 e. The Balaban J connectivity index is 1.95. The van der Waals surface area contributed by atoms with Crippen molar-refractivity contribution in [1.29, 1.82) is 0 Å². The summed E-state index contributed by atoms with van der Waals surface area (Å²) < 4.78 is 0. The molecule has 18 heavy (non-hydrogen) atoms. The number of hydrogen-bond acceptors (Lipinski definition) is 3. The van der Waals surface area contributed by atoms with Crippen molar-refractivity contribution in [2.75, 3.05) is 0 Å². The highest BCUT2D eigenvalue weighted by molar-refractivity contribution is 8.00. The molecule has 2 rings (SSSR count). The Hall–Kier alpha value is -1.00. The SMILES string of the molecule is O=C(O)Cc1ccc(SC2CCCCC2O)cc1. The zero-order valence-electron chi connectivity index (χ0n) is 10.2. The molecule has 98 valence electrons. The molecule has 0 radical (unpaired) electrons. The van der Waals surface area contributed by atoms with E-state index in [9.17, 15) is 9.90 Å². The molecule has 0 aromatic heterocycles. The molecule has 0 spiro atoms. The Morgan fingerprint density at radius 3 is 2.50 bits per heavy atom. The fourth-order valence-electron chi connectivity index (χ4n) is 2.25. The van der Waals surface area contributed by atoms with Gasteiger partial charge in [0.2, 0.25) is 0 Å². The van der Waals surface area contributed by atoms with Gasteiger partial charge < -0.3 is 10.2 Å². The maximum atomic E-state index is 10.6. The highest BCUT2D eigenvalue weighted by atomic mass is 32.2. The summed E-state index contributed by atoms with van der Waals surface area (Å²) in [5, 5.41) is 18.9. The van der Waals surface area contributed by atoms with Gasteiger partial charge in [-0.3, -0.25) is 4.79 Å². The van der Waals surface area contributed by atoms with Crippen LogP contribution in [0.25, 0.3) is 0 Å². The van der Waals surface area contributed by atoms with Gasteiger partial charge in [0.05, 0.1) is 12.5 Å². The van der Waals surface area contributed by atoms with E-state index in [2.05, 4.69) is 0 Å². The summed E-state index contributed by atoms with van der Waals surface area (Å²) in [6.45, 7) is 0. The van der Waals surface area contributed by atoms with Crippen LogP contribution in [0.5, 0.6) is 0 Å². The zero-order chi connectivity index (χ0) is 13.0. The zero-order valence-corrected chi connectivity index (χ0v) is 11.0. The second-order valence-electron chi connectivity index (χ2n) is 4.72. The summed E-state index contributed by atoms with van der Waals surface area (Å²) in [5.74, 6) is -0.807. The van der Waals surface area contributed by atoms with Gasteiger partial charge in [0, 0.05) is 10.1 Å². The second-order valence-corrected chi connectivity index (χ2v) is 6.04. The van der Waals surface area contributed by atoms with Crippen LogP contribution < -0.4 is 0 Å². The first-order valence-electron chi connectivity index (χ1n) is 6.30. The lowest BCUT2D eigenvalue weighted by atomic mass is 9.97. The molecule has 2 unspecified atom stereocenters. The van der Waals surface area contributed by atoms with Gasteiger partial charge in [-0.1, -0.05) is 25.0 Å². The lowest BCUT2D eigenvalue weighted by Gasteiger charge is -2.26. The number of carboxylic acid groups (broad SMARTS) is 1. The molecule has 1 aliphatic carbocycles. The Morgan fingerprint density at radius 1 is 1.22 bits per heavy atom. The van der Waals surface area contributed by atoms with Crippen molar-refractivity contribution in [3.63, 3.8) is 0 Å². The first kappa shape index (κ1) is 13.4. The van der Waals surface area contributed by atoms with Gasteiger partial charge in [0.1, 0.15) is 0 Å². The molecule has 0 saturated heterocycles. The fraction of sp³-hybridized carbons (Fsp3) is 0.500. The first-order chi connectivity index (χ1) is 8.65. The van der Waals surface area contributed by atoms with Crippen LogP contribution in [0.4, 0.5) is 0 Å². The van der Waals surface area contributed by atoms with Crippen LogP contribution >= 0.6 is 11.8 Å². The number of aliphatic carboxylic acids is 1. The highest BCUT2D eigenvalue weighted by Crippen LogP contribution is 2.33. The topological polar surface area (TPSA) is 57.5 Å². The minimum atomic E-state index is -0.807. The molecule has 1 aromatic carbocycles. The number of aliphatic hydroxyl groups is 1. The van der Waals surface area contributed by atoms with Crippen LogP contribution in [0.2, 0.25) is 0 Å². The van der Waals surface area contributed by atoms with Gasteiger partial charge in [0.15, 0.2) is 0 Å². The van der Waals surface area contributed by atoms with Gasteiger partial charge >= 0.3 is 5.97 Å². The Bertz CT molecular complexity index is 402. The summed E-state index contributed by atoms with van der Waals surface area (Å²) in [6.07, 6.45) is 4.12. The van der Waals surface area contributed by atoms with E-state index in [1.54, 1.807) is 11.8 Å². The monoisotopic (exact) mass is 266 g/mol. The number of hydrogen-bond donors (Lipinski definition) is 2. The van der Waals surface area contributed by atoms with Gasteiger partial charge in [-0.25, -0.2) is 0 Å². The van der Waals surface area contributed by atoms with E-state index in [4.69, 9.17) is 5.11 Å². The molecule has 1 aliphatic rings. The Kier molecular flexibility index (Phi) is 4.66. The van der Waals surface area contributed by atoms with Crippen LogP contribution in [0.15, 0.2) is 29.2 Å². The standard InChI is InChI=1S/C14H18O3S/c15-12-3-1-2-4-13(12)18-11-7-5-10(6-8-11)9-14(16)17/h5-8,12-13,15H,1-4,9H2,(H,16,17). The van der Waals surface area contributed by atoms with Gasteiger partial charge in [-0.2, -0.15) is 0 Å². The fourth-order valence-corrected chi connectivity index (χ4v) is 3.47. The van der Waals surface area contributed by atoms with E-state index in [-0.39, 0.29) is 17.8 Å². The third-order valence-electron chi connectivity index (χ3n) is 3.23. The Morgan fingerprint density at radius 2 is 1.89 bits per heavy atom. The van der Waals surface area contributed by atoms with Crippen molar-refractivity contribution in [3.8, 4) is 0 Å². The average molecular weight is 266 g/mol. The van der Waals surface area contributed by atoms with Gasteiger partial charge in [0.25, 0.3) is 0 Å². The number of aliphatic hydroxyl groups excluding tert-OH is 1. The molecule has 0 bridgehead atoms. The molecular formula is C14H18O3S. The maximum Gasteiger partial charge on any atom is 0.307 e. The number of carboxylic acids is 1. The predicted molar refractivity (Wildman–Crippen MR) is 71.9 cm³/mol. The molecule has 2 atom stereocenters. The molecule has 0 heterocycles. The molecular weight excluding hydrogens is 248 g/mol. The van der Waals surface area contributed by atoms with Crippen molar-refractivity contribution in [2.24, 2.45) is 0 Å². The van der Waals surface area contributed by atoms with Crippen LogP contribution in [-0.2, 0) is 11.2 Å². The second kappa shape index (κ2) is 6.25. The summed E-state index contributed by atoms with van der Waals surface area (Å²) in [6, 6.07) is 7.60. The molecule has 1 saturated carbocycles. The van der Waals surface area contributed by atoms with Crippen molar-refractivity contribution in [1.82, 2.24) is 0 Å². The average Bonchev–Trinajstić information content (AvgIpc) is 2.34. The summed E-state index contributed by atoms with van der Waals surface area (Å²) in [5.41, 5.74) is 0.816. The Labute approximate surface area is 111 Å². The molecule has 0 aliphatic heterocycles. The maximum absolute atomic E-state index is 10.6. The molecule has 2 N–H and O–H groups in total. The van der Waals surface area contributed by atoms with Crippen molar-refractivity contribution < 1.29 is 15.0 Å². The summed E-state index contributed by atoms with van der Waals surface area (Å²) in [7, 11) is 0. The molecule has 3 nitrogen and oxygen atoms in total. The van der Waals surface area contributed by atoms with Crippen LogP contribution in [0.3, 0.4) is 0 Å². The summed E-state index contributed by atoms with van der Waals surface area (Å²) in [4.78, 5) is 11.7. The number of benzene rings is 1. The van der Waals surface area contributed by atoms with E-state index >= 15 is 0 Å². The van der Waals surface area contributed by atoms with Crippen LogP contribution in [0.1, 0.15) is 31.2 Å². The quantitative estimate of drug-likeness (QED) is 0.879. The molecule has 1 aromatic rings. The number of carbonyl (C=O) groups is 1. The first-order valence-corrected chi connectivity index (χ1v) is 7.18. The van der Waals surface area contributed by atoms with Crippen molar-refractivity contribution >= 4 is 17.7 Å². The molecule has 0 amide bonds. The van der Waals surface area contributed by atoms with Crippen LogP contribution in [-0.4, -0.2) is 27.5 Å². The number of rotatable bonds is 4. The van der Waals surface area contributed by atoms with E-state index in [1.165, 1.54) is 6.42 Å². The smallest absolute Gasteiger partial charge is 0.307 e. The van der Waals surface area contributed by atoms with Crippen molar-refractivity contribution in [3.05, 3.63) is 29.8 Å². The third-order valence-corrected chi connectivity index (χ3v) is 4.63. The largest absolute Gasteiger partial charge is 0.481 e. The van der Waals surface area contributed by atoms with E-state index in [1.807, 2.05) is 24.3 Å². The third kappa shape index (κ3) is 3.75. The van der Waals surface area contributed by atoms with E-state index < -0.39 is 5.97 Å². The lowest BCUT2D eigenvalue weighted by Crippen LogP contribution is -2.26. The lowest BCUT2D eigenvalue weighted by molar-refractivity contribution is -0.136. The number of thioether (sulfide) groups is 1. The summed E-state index contributed by atoms with van der Waals surface area (Å²) >= 11 is 1.70. The molecule has 4 heteroatoms. The normalized spacial score (nSPS) is 23.8. The molecule has 1 fully saturated rings. The predicted octanol–water partition coefficient (Wildman–Crippen LogP) is 2.71. The van der Waals surface area contributed by atoms with E-state index in [0.717, 1.165) is 29.7 Å². The minimum absolute atomic E-state index is 0.0665. The van der Waals surface area contributed by atoms with Gasteiger partial charge in [-0.05, 0) is 30.5 Å². The van der Waals surface area contributed by atoms with E-state index in [0.29, 0.717) is 0 Å².